The highest BCUT2D eigenvalue weighted by Crippen LogP contribution is 2.50. The van der Waals surface area contributed by atoms with Crippen LogP contribution in [0.5, 0.6) is 0 Å². The third kappa shape index (κ3) is 3.74. The molecular formula is C26H23F2N3O3. The largest absolute Gasteiger partial charge is 0.394 e. The van der Waals surface area contributed by atoms with Crippen LogP contribution in [0.3, 0.4) is 0 Å². The van der Waals surface area contributed by atoms with Crippen molar-refractivity contribution in [2.75, 3.05) is 19.7 Å². The summed E-state index contributed by atoms with van der Waals surface area (Å²) in [5.41, 5.74) is 1.70. The quantitative estimate of drug-likeness (QED) is 0.608. The minimum Gasteiger partial charge on any atom is -0.394 e. The van der Waals surface area contributed by atoms with Crippen molar-refractivity contribution >= 4 is 11.8 Å². The van der Waals surface area contributed by atoms with E-state index >= 15 is 0 Å². The molecule has 0 unspecified atom stereocenters. The molecule has 2 N–H and O–H groups in total. The first-order valence-corrected chi connectivity index (χ1v) is 11.1. The number of carbonyl (C=O) groups excluding carboxylic acids is 2. The summed E-state index contributed by atoms with van der Waals surface area (Å²) in [7, 11) is 0. The number of rotatable bonds is 5. The molecule has 3 aromatic rings. The second-order valence-corrected chi connectivity index (χ2v) is 8.66. The highest BCUT2D eigenvalue weighted by atomic mass is 19.3. The van der Waals surface area contributed by atoms with Crippen LogP contribution in [0.4, 0.5) is 8.78 Å². The second kappa shape index (κ2) is 8.61. The number of hydrogen-bond donors (Lipinski definition) is 2. The highest BCUT2D eigenvalue weighted by Gasteiger charge is 2.44. The van der Waals surface area contributed by atoms with Crippen LogP contribution in [0.15, 0.2) is 67.0 Å². The molecule has 8 heteroatoms. The summed E-state index contributed by atoms with van der Waals surface area (Å²) in [5, 5.41) is 12.4. The van der Waals surface area contributed by atoms with Gasteiger partial charge in [0, 0.05) is 41.5 Å². The number of hydrogen-bond acceptors (Lipinski definition) is 4. The lowest BCUT2D eigenvalue weighted by Gasteiger charge is -2.23. The molecule has 0 bridgehead atoms. The lowest BCUT2D eigenvalue weighted by molar-refractivity contribution is -0.131. The Kier molecular flexibility index (Phi) is 5.61. The first-order valence-electron chi connectivity index (χ1n) is 11.1. The molecule has 1 saturated heterocycles. The maximum atomic E-state index is 14.7. The van der Waals surface area contributed by atoms with Crippen LogP contribution in [0.1, 0.15) is 39.4 Å². The highest BCUT2D eigenvalue weighted by molar-refractivity contribution is 5.98. The van der Waals surface area contributed by atoms with Gasteiger partial charge in [0.15, 0.2) is 0 Å². The summed E-state index contributed by atoms with van der Waals surface area (Å²) in [6, 6.07) is 13.7. The van der Waals surface area contributed by atoms with E-state index in [1.54, 1.807) is 35.5 Å². The van der Waals surface area contributed by atoms with Gasteiger partial charge in [-0.3, -0.25) is 14.6 Å². The number of aromatic nitrogens is 1. The van der Waals surface area contributed by atoms with Gasteiger partial charge in [-0.1, -0.05) is 36.4 Å². The lowest BCUT2D eigenvalue weighted by Crippen LogP contribution is -2.44. The molecule has 2 heterocycles. The summed E-state index contributed by atoms with van der Waals surface area (Å²) in [4.78, 5) is 31.3. The smallest absolute Gasteiger partial charge is 0.299 e. The Balaban J connectivity index is 1.28. The number of nitrogens with zero attached hydrogens (tertiary/aromatic N) is 2. The first-order chi connectivity index (χ1) is 16.4. The third-order valence-corrected chi connectivity index (χ3v) is 6.68. The number of alkyl halides is 2. The molecule has 1 aromatic heterocycles. The molecule has 0 spiro atoms. The molecule has 1 aliphatic carbocycles. The Hall–Kier alpha value is -3.65. The number of benzene rings is 2. The standard InChI is InChI=1S/C26H23F2N3O3/c27-26(28)22-6-2-1-5-20(22)21-11-16(7-8-23(21)26)25(34)30-13-24(33)31-14-18(10-19(31)15-32)17-4-3-9-29-12-17/h1-9,11-12,18-19,32H,10,13-15H2,(H,30,34)/t18-,19+/m1/s1. The molecule has 0 radical (unpaired) electrons. The molecular weight excluding hydrogens is 440 g/mol. The fraction of sp³-hybridized carbons (Fsp3) is 0.269. The lowest BCUT2D eigenvalue weighted by atomic mass is 9.98. The average molecular weight is 463 g/mol. The zero-order chi connectivity index (χ0) is 23.9. The van der Waals surface area contributed by atoms with Crippen LogP contribution < -0.4 is 5.32 Å². The Morgan fingerprint density at radius 1 is 1.09 bits per heavy atom. The Morgan fingerprint density at radius 3 is 2.65 bits per heavy atom. The van der Waals surface area contributed by atoms with E-state index in [0.717, 1.165) is 5.56 Å². The number of fused-ring (bicyclic) bond motifs is 3. The van der Waals surface area contributed by atoms with Gasteiger partial charge in [0.25, 0.3) is 11.8 Å². The molecule has 2 atom stereocenters. The maximum absolute atomic E-state index is 14.7. The van der Waals surface area contributed by atoms with Crippen LogP contribution >= 0.6 is 0 Å². The number of aliphatic hydroxyl groups excluding tert-OH is 1. The second-order valence-electron chi connectivity index (χ2n) is 8.66. The zero-order valence-electron chi connectivity index (χ0n) is 18.2. The minimum absolute atomic E-state index is 0.0592. The van der Waals surface area contributed by atoms with E-state index in [1.165, 1.54) is 24.3 Å². The molecule has 174 valence electrons. The summed E-state index contributed by atoms with van der Waals surface area (Å²) >= 11 is 0. The van der Waals surface area contributed by atoms with Gasteiger partial charge in [-0.2, -0.15) is 8.78 Å². The van der Waals surface area contributed by atoms with Gasteiger partial charge in [-0.15, -0.1) is 0 Å². The number of nitrogens with one attached hydrogen (secondary N) is 1. The molecule has 2 amide bonds. The monoisotopic (exact) mass is 463 g/mol. The number of pyridine rings is 1. The van der Waals surface area contributed by atoms with Gasteiger partial charge in [0.05, 0.1) is 19.2 Å². The fourth-order valence-electron chi connectivity index (χ4n) is 4.93. The van der Waals surface area contributed by atoms with Gasteiger partial charge < -0.3 is 15.3 Å². The number of amides is 2. The summed E-state index contributed by atoms with van der Waals surface area (Å²) in [6.07, 6.45) is 4.05. The average Bonchev–Trinajstić information content (AvgIpc) is 3.40. The number of likely N-dealkylation sites (tertiary alicyclic amines) is 1. The maximum Gasteiger partial charge on any atom is 0.299 e. The van der Waals surface area contributed by atoms with Crippen molar-refractivity contribution in [3.05, 3.63) is 89.2 Å². The molecule has 5 rings (SSSR count). The SMILES string of the molecule is O=C(NCC(=O)N1C[C@H](c2cccnc2)C[C@H]1CO)c1ccc2c(c1)-c1ccccc1C2(F)F. The molecule has 1 aliphatic heterocycles. The Morgan fingerprint density at radius 2 is 1.88 bits per heavy atom. The van der Waals surface area contributed by atoms with Crippen molar-refractivity contribution in [2.24, 2.45) is 0 Å². The molecule has 34 heavy (non-hydrogen) atoms. The van der Waals surface area contributed by atoms with E-state index in [1.807, 2.05) is 12.1 Å². The number of aliphatic hydroxyl groups is 1. The van der Waals surface area contributed by atoms with Gasteiger partial charge >= 0.3 is 0 Å². The van der Waals surface area contributed by atoms with Gasteiger partial charge in [0.1, 0.15) is 0 Å². The predicted octanol–water partition coefficient (Wildman–Crippen LogP) is 3.31. The normalized spacial score (nSPS) is 20.0. The summed E-state index contributed by atoms with van der Waals surface area (Å²) < 4.78 is 29.5. The molecule has 0 saturated carbocycles. The van der Waals surface area contributed by atoms with Crippen LogP contribution in [-0.4, -0.2) is 52.5 Å². The van der Waals surface area contributed by atoms with Gasteiger partial charge in [0.2, 0.25) is 5.91 Å². The molecule has 2 aliphatic rings. The van der Waals surface area contributed by atoms with E-state index in [4.69, 9.17) is 0 Å². The van der Waals surface area contributed by atoms with Gasteiger partial charge in [-0.25, -0.2) is 0 Å². The molecule has 6 nitrogen and oxygen atoms in total. The van der Waals surface area contributed by atoms with Crippen molar-refractivity contribution in [2.45, 2.75) is 24.3 Å². The minimum atomic E-state index is -3.11. The van der Waals surface area contributed by atoms with Crippen LogP contribution in [0.25, 0.3) is 11.1 Å². The number of halogens is 2. The van der Waals surface area contributed by atoms with E-state index in [0.29, 0.717) is 24.1 Å². The van der Waals surface area contributed by atoms with Crippen molar-refractivity contribution in [1.29, 1.82) is 0 Å². The topological polar surface area (TPSA) is 82.5 Å². The van der Waals surface area contributed by atoms with Gasteiger partial charge in [-0.05, 0) is 41.3 Å². The van der Waals surface area contributed by atoms with Crippen molar-refractivity contribution in [3.63, 3.8) is 0 Å². The van der Waals surface area contributed by atoms with E-state index < -0.39 is 11.8 Å². The summed E-state index contributed by atoms with van der Waals surface area (Å²) in [6.45, 7) is 0.00412. The predicted molar refractivity (Wildman–Crippen MR) is 121 cm³/mol. The summed E-state index contributed by atoms with van der Waals surface area (Å²) in [5.74, 6) is -3.88. The Bertz CT molecular complexity index is 1250. The first kappa shape index (κ1) is 22.2. The van der Waals surface area contributed by atoms with Crippen LogP contribution in [-0.2, 0) is 10.7 Å². The molecule has 1 fully saturated rings. The van der Waals surface area contributed by atoms with Crippen molar-refractivity contribution < 1.29 is 23.5 Å². The van der Waals surface area contributed by atoms with E-state index in [-0.39, 0.29) is 47.7 Å². The van der Waals surface area contributed by atoms with Crippen LogP contribution in [0.2, 0.25) is 0 Å². The van der Waals surface area contributed by atoms with Crippen LogP contribution in [0, 0.1) is 0 Å². The third-order valence-electron chi connectivity index (χ3n) is 6.68. The van der Waals surface area contributed by atoms with E-state index in [9.17, 15) is 23.5 Å². The van der Waals surface area contributed by atoms with Crippen molar-refractivity contribution in [1.82, 2.24) is 15.2 Å². The van der Waals surface area contributed by atoms with E-state index in [2.05, 4.69) is 10.3 Å². The number of carbonyl (C=O) groups is 2. The Labute approximate surface area is 195 Å². The van der Waals surface area contributed by atoms with Crippen molar-refractivity contribution in [3.8, 4) is 11.1 Å². The zero-order valence-corrected chi connectivity index (χ0v) is 18.2. The molecule has 2 aromatic carbocycles. The fourth-order valence-corrected chi connectivity index (χ4v) is 4.93.